The van der Waals surface area contributed by atoms with Gasteiger partial charge in [-0.25, -0.2) is 0 Å². The number of rotatable bonds is 9. The van der Waals surface area contributed by atoms with Gasteiger partial charge in [0.05, 0.1) is 19.8 Å². The van der Waals surface area contributed by atoms with Gasteiger partial charge < -0.3 is 19.9 Å². The third-order valence-corrected chi connectivity index (χ3v) is 7.13. The van der Waals surface area contributed by atoms with Gasteiger partial charge in [0.2, 0.25) is 0 Å². The monoisotopic (exact) mass is 468 g/mol. The van der Waals surface area contributed by atoms with Crippen LogP contribution in [0.3, 0.4) is 0 Å². The number of hydrogen-bond acceptors (Lipinski definition) is 8. The van der Waals surface area contributed by atoms with Gasteiger partial charge in [0.1, 0.15) is 6.29 Å². The van der Waals surface area contributed by atoms with Crippen molar-refractivity contribution in [1.29, 1.82) is 0 Å². The quantitative estimate of drug-likeness (QED) is 0.348. The number of aliphatic hydroxyl groups excluding tert-OH is 1. The van der Waals surface area contributed by atoms with E-state index in [9.17, 15) is 24.7 Å². The Balaban J connectivity index is 2.02. The first-order valence-corrected chi connectivity index (χ1v) is 12.7. The molecule has 10 heteroatoms. The Morgan fingerprint density at radius 1 is 0.938 bits per heavy atom. The normalized spacial score (nSPS) is 19.7. The van der Waals surface area contributed by atoms with Crippen molar-refractivity contribution in [3.8, 4) is 0 Å². The van der Waals surface area contributed by atoms with Gasteiger partial charge >= 0.3 is 5.97 Å². The van der Waals surface area contributed by atoms with Gasteiger partial charge in [-0.05, 0) is 12.5 Å². The molecule has 1 aliphatic heterocycles. The molecule has 9 nitrogen and oxygen atoms in total. The molecular formula is C22H37N4O5P. The maximum absolute atomic E-state index is 11.3. The lowest BCUT2D eigenvalue weighted by Crippen LogP contribution is -2.47. The summed E-state index contributed by atoms with van der Waals surface area (Å²) >= 11 is 0. The van der Waals surface area contributed by atoms with Crippen LogP contribution in [-0.4, -0.2) is 125 Å². The molecule has 0 radical (unpaired) electrons. The van der Waals surface area contributed by atoms with E-state index < -0.39 is 14.1 Å². The van der Waals surface area contributed by atoms with E-state index in [1.165, 1.54) is 5.56 Å². The first-order chi connectivity index (χ1) is 15.4. The molecule has 1 unspecified atom stereocenters. The minimum Gasteiger partial charge on any atom is -0.480 e. The zero-order valence-electron chi connectivity index (χ0n) is 19.0. The van der Waals surface area contributed by atoms with Crippen LogP contribution >= 0.6 is 8.15 Å². The van der Waals surface area contributed by atoms with E-state index in [1.807, 2.05) is 45.9 Å². The lowest BCUT2D eigenvalue weighted by atomic mass is 10.2. The predicted molar refractivity (Wildman–Crippen MR) is 126 cm³/mol. The van der Waals surface area contributed by atoms with Crippen LogP contribution in [-0.2, 0) is 15.8 Å². The summed E-state index contributed by atoms with van der Waals surface area (Å²) < 4.78 is 0. The summed E-state index contributed by atoms with van der Waals surface area (Å²) in [5.74, 6) is -0.874. The van der Waals surface area contributed by atoms with Crippen LogP contribution in [0.5, 0.6) is 0 Å². The standard InChI is InChI=1S/C22H37N4O5P/c1-20-2-4-21(5-3-20)17-32(31)19-26-12-9-24(16-22(29)30)8-6-23(14-15-27)7-10-25(18-28)11-13-26/h2-5,15,28,31H,6-14,16-19H2,1H3,(H,29,30). The second kappa shape index (κ2) is 14.6. The summed E-state index contributed by atoms with van der Waals surface area (Å²) in [5.41, 5.74) is 2.30. The van der Waals surface area contributed by atoms with Gasteiger partial charge in [0.15, 0.2) is 0 Å². The van der Waals surface area contributed by atoms with Crippen LogP contribution < -0.4 is 0 Å². The Kier molecular flexibility index (Phi) is 12.3. The van der Waals surface area contributed by atoms with Crippen molar-refractivity contribution in [2.75, 3.05) is 78.5 Å². The van der Waals surface area contributed by atoms with Crippen LogP contribution in [0.25, 0.3) is 0 Å². The number of carbonyl (C=O) groups excluding carboxylic acids is 1. The number of aliphatic carboxylic acids is 1. The van der Waals surface area contributed by atoms with Crippen molar-refractivity contribution in [1.82, 2.24) is 19.6 Å². The zero-order valence-corrected chi connectivity index (χ0v) is 19.9. The maximum Gasteiger partial charge on any atom is 0.317 e. The first-order valence-electron chi connectivity index (χ1n) is 11.0. The number of nitrogens with zero attached hydrogens (tertiary/aromatic N) is 4. The molecular weight excluding hydrogens is 431 g/mol. The van der Waals surface area contributed by atoms with E-state index in [1.54, 1.807) is 0 Å². The van der Waals surface area contributed by atoms with E-state index in [-0.39, 0.29) is 13.3 Å². The number of aldehydes is 1. The number of benzene rings is 1. The molecule has 1 atom stereocenters. The molecule has 2 rings (SSSR count). The molecule has 0 aliphatic carbocycles. The van der Waals surface area contributed by atoms with Crippen molar-refractivity contribution < 1.29 is 24.7 Å². The van der Waals surface area contributed by atoms with Gasteiger partial charge in [0.25, 0.3) is 0 Å². The van der Waals surface area contributed by atoms with Gasteiger partial charge in [-0.15, -0.1) is 0 Å². The van der Waals surface area contributed by atoms with Gasteiger partial charge in [-0.1, -0.05) is 29.8 Å². The van der Waals surface area contributed by atoms with Gasteiger partial charge in [-0.3, -0.25) is 24.4 Å². The highest BCUT2D eigenvalue weighted by Crippen LogP contribution is 2.35. The lowest BCUT2D eigenvalue weighted by molar-refractivity contribution is -0.138. The number of aryl methyl sites for hydroxylation is 1. The molecule has 32 heavy (non-hydrogen) atoms. The number of carboxylic acid groups (broad SMARTS) is 1. The molecule has 0 aromatic heterocycles. The summed E-state index contributed by atoms with van der Waals surface area (Å²) in [7, 11) is -1.24. The van der Waals surface area contributed by atoms with E-state index in [0.29, 0.717) is 71.4 Å². The minimum absolute atomic E-state index is 0.0528. The topological polar surface area (TPSA) is 108 Å². The SMILES string of the molecule is Cc1ccc(CP(O)CN2CCN(CO)CCN(CC=O)CCN(CC(=O)O)CC2)cc1. The minimum atomic E-state index is -1.24. The zero-order chi connectivity index (χ0) is 23.3. The Morgan fingerprint density at radius 3 is 2.00 bits per heavy atom. The Labute approximate surface area is 192 Å². The Morgan fingerprint density at radius 2 is 1.47 bits per heavy atom. The molecule has 1 aromatic rings. The van der Waals surface area contributed by atoms with Crippen molar-refractivity contribution in [2.45, 2.75) is 13.1 Å². The Bertz CT molecular complexity index is 693. The molecule has 0 bridgehead atoms. The average Bonchev–Trinajstić information content (AvgIpc) is 2.75. The largest absolute Gasteiger partial charge is 0.480 e. The average molecular weight is 469 g/mol. The highest BCUT2D eigenvalue weighted by Gasteiger charge is 2.19. The molecule has 0 saturated carbocycles. The fourth-order valence-corrected chi connectivity index (χ4v) is 5.16. The van der Waals surface area contributed by atoms with Crippen molar-refractivity contribution in [3.05, 3.63) is 35.4 Å². The smallest absolute Gasteiger partial charge is 0.317 e. The third kappa shape index (κ3) is 10.4. The highest BCUT2D eigenvalue weighted by atomic mass is 31.1. The van der Waals surface area contributed by atoms with Crippen LogP contribution in [0.15, 0.2) is 24.3 Å². The summed E-state index contributed by atoms with van der Waals surface area (Å²) in [6.45, 7) is 7.09. The second-order valence-electron chi connectivity index (χ2n) is 8.31. The van der Waals surface area contributed by atoms with Crippen LogP contribution in [0, 0.1) is 6.92 Å². The first kappa shape index (κ1) is 26.8. The van der Waals surface area contributed by atoms with E-state index in [2.05, 4.69) is 4.90 Å². The maximum atomic E-state index is 11.3. The van der Waals surface area contributed by atoms with E-state index in [4.69, 9.17) is 0 Å². The third-order valence-electron chi connectivity index (χ3n) is 5.67. The summed E-state index contributed by atoms with van der Waals surface area (Å²) in [4.78, 5) is 41.1. The summed E-state index contributed by atoms with van der Waals surface area (Å²) in [6.07, 6.45) is 2.02. The molecule has 1 saturated heterocycles. The number of carbonyl (C=O) groups is 2. The van der Waals surface area contributed by atoms with Crippen molar-refractivity contribution in [3.63, 3.8) is 0 Å². The van der Waals surface area contributed by atoms with Crippen LogP contribution in [0.4, 0.5) is 0 Å². The van der Waals surface area contributed by atoms with Gasteiger partial charge in [-0.2, -0.15) is 0 Å². The van der Waals surface area contributed by atoms with Crippen LogP contribution in [0.2, 0.25) is 0 Å². The molecule has 1 aromatic carbocycles. The fraction of sp³-hybridized carbons (Fsp3) is 0.636. The van der Waals surface area contributed by atoms with E-state index >= 15 is 0 Å². The molecule has 0 amide bonds. The highest BCUT2D eigenvalue weighted by molar-refractivity contribution is 7.50. The van der Waals surface area contributed by atoms with Crippen molar-refractivity contribution >= 4 is 20.4 Å². The van der Waals surface area contributed by atoms with E-state index in [0.717, 1.165) is 11.8 Å². The molecule has 0 spiro atoms. The number of carboxylic acids is 1. The van der Waals surface area contributed by atoms with Gasteiger partial charge in [0, 0.05) is 73.0 Å². The molecule has 1 heterocycles. The summed E-state index contributed by atoms with van der Waals surface area (Å²) in [5, 5.41) is 19.0. The molecule has 3 N–H and O–H groups in total. The van der Waals surface area contributed by atoms with Crippen LogP contribution in [0.1, 0.15) is 11.1 Å². The predicted octanol–water partition coefficient (Wildman–Crippen LogP) is 0.297. The Hall–Kier alpha value is -1.45. The number of hydrogen-bond donors (Lipinski definition) is 3. The second-order valence-corrected chi connectivity index (χ2v) is 9.92. The molecule has 1 fully saturated rings. The van der Waals surface area contributed by atoms with Crippen molar-refractivity contribution in [2.24, 2.45) is 0 Å². The lowest BCUT2D eigenvalue weighted by Gasteiger charge is -2.33. The molecule has 180 valence electrons. The molecule has 1 aliphatic rings. The summed E-state index contributed by atoms with van der Waals surface area (Å²) in [6, 6.07) is 8.19. The number of aliphatic hydroxyl groups is 1. The fourth-order valence-electron chi connectivity index (χ4n) is 3.68.